The van der Waals surface area contributed by atoms with E-state index in [1.54, 1.807) is 13.0 Å². The molecule has 0 aliphatic carbocycles. The number of hydrogen-bond acceptors (Lipinski definition) is 4. The van der Waals surface area contributed by atoms with Crippen molar-refractivity contribution in [2.75, 3.05) is 6.61 Å². The topological polar surface area (TPSA) is 94.9 Å². The molecule has 1 heterocycles. The molecule has 18 heavy (non-hydrogen) atoms. The first-order chi connectivity index (χ1) is 8.47. The second-order valence-electron chi connectivity index (χ2n) is 4.07. The maximum atomic E-state index is 12.0. The molecule has 2 rings (SSSR count). The van der Waals surface area contributed by atoms with Crippen LogP contribution in [0.15, 0.2) is 18.2 Å². The van der Waals surface area contributed by atoms with E-state index in [1.807, 2.05) is 0 Å². The predicted molar refractivity (Wildman–Crippen MR) is 60.2 cm³/mol. The molecule has 0 aromatic heterocycles. The van der Waals surface area contributed by atoms with Crippen molar-refractivity contribution in [2.24, 2.45) is 0 Å². The van der Waals surface area contributed by atoms with E-state index in [4.69, 9.17) is 10.2 Å². The van der Waals surface area contributed by atoms with Crippen molar-refractivity contribution in [1.29, 1.82) is 0 Å². The fraction of sp³-hybridized carbons (Fsp3) is 0.250. The van der Waals surface area contributed by atoms with Crippen LogP contribution in [-0.4, -0.2) is 45.5 Å². The molecule has 1 atom stereocenters. The molecule has 0 spiro atoms. The molecule has 1 aliphatic rings. The van der Waals surface area contributed by atoms with E-state index in [0.717, 1.165) is 5.56 Å². The highest BCUT2D eigenvalue weighted by molar-refractivity contribution is 6.22. The Kier molecular flexibility index (Phi) is 2.88. The van der Waals surface area contributed by atoms with E-state index in [-0.39, 0.29) is 11.1 Å². The van der Waals surface area contributed by atoms with Crippen molar-refractivity contribution in [1.82, 2.24) is 4.90 Å². The minimum absolute atomic E-state index is 0.172. The highest BCUT2D eigenvalue weighted by Gasteiger charge is 2.42. The number of carbonyl (C=O) groups is 3. The van der Waals surface area contributed by atoms with Crippen LogP contribution in [0.5, 0.6) is 0 Å². The molecule has 1 aromatic carbocycles. The second-order valence-corrected chi connectivity index (χ2v) is 4.07. The average Bonchev–Trinajstić information content (AvgIpc) is 2.55. The first-order valence-corrected chi connectivity index (χ1v) is 5.29. The van der Waals surface area contributed by atoms with Gasteiger partial charge >= 0.3 is 5.97 Å². The van der Waals surface area contributed by atoms with Gasteiger partial charge in [-0.25, -0.2) is 4.79 Å². The maximum Gasteiger partial charge on any atom is 0.329 e. The summed E-state index contributed by atoms with van der Waals surface area (Å²) in [5.41, 5.74) is 1.15. The van der Waals surface area contributed by atoms with Crippen LogP contribution in [0.3, 0.4) is 0 Å². The van der Waals surface area contributed by atoms with Crippen molar-refractivity contribution in [3.05, 3.63) is 34.9 Å². The minimum Gasteiger partial charge on any atom is -0.480 e. The van der Waals surface area contributed by atoms with E-state index in [2.05, 4.69) is 0 Å². The molecule has 0 bridgehead atoms. The van der Waals surface area contributed by atoms with Gasteiger partial charge in [0.15, 0.2) is 6.04 Å². The van der Waals surface area contributed by atoms with Gasteiger partial charge in [0.05, 0.1) is 17.7 Å². The maximum absolute atomic E-state index is 12.0. The number of aryl methyl sites for hydroxylation is 1. The number of nitrogens with zero attached hydrogens (tertiary/aromatic N) is 1. The molecule has 94 valence electrons. The van der Waals surface area contributed by atoms with Crippen LogP contribution in [0.2, 0.25) is 0 Å². The van der Waals surface area contributed by atoms with E-state index in [0.29, 0.717) is 4.90 Å². The van der Waals surface area contributed by atoms with Crippen LogP contribution < -0.4 is 0 Å². The van der Waals surface area contributed by atoms with Gasteiger partial charge in [-0.1, -0.05) is 11.6 Å². The number of aliphatic hydroxyl groups excluding tert-OH is 1. The summed E-state index contributed by atoms with van der Waals surface area (Å²) >= 11 is 0. The zero-order chi connectivity index (χ0) is 13.4. The predicted octanol–water partition coefficient (Wildman–Crippen LogP) is 0.0365. The van der Waals surface area contributed by atoms with E-state index < -0.39 is 30.4 Å². The number of carboxylic acid groups (broad SMARTS) is 1. The molecule has 1 unspecified atom stereocenters. The monoisotopic (exact) mass is 249 g/mol. The number of carbonyl (C=O) groups excluding carboxylic acids is 2. The number of aliphatic hydroxyl groups is 1. The Morgan fingerprint density at radius 1 is 1.28 bits per heavy atom. The van der Waals surface area contributed by atoms with Crippen molar-refractivity contribution < 1.29 is 24.6 Å². The second kappa shape index (κ2) is 4.23. The van der Waals surface area contributed by atoms with Gasteiger partial charge in [0.2, 0.25) is 0 Å². The summed E-state index contributed by atoms with van der Waals surface area (Å²) in [6.45, 7) is 0.960. The van der Waals surface area contributed by atoms with E-state index in [1.165, 1.54) is 12.1 Å². The number of fused-ring (bicyclic) bond motifs is 1. The smallest absolute Gasteiger partial charge is 0.329 e. The number of aliphatic carboxylic acids is 1. The van der Waals surface area contributed by atoms with E-state index in [9.17, 15) is 14.4 Å². The first kappa shape index (κ1) is 12.3. The lowest BCUT2D eigenvalue weighted by atomic mass is 10.1. The van der Waals surface area contributed by atoms with E-state index >= 15 is 0 Å². The van der Waals surface area contributed by atoms with Crippen molar-refractivity contribution in [3.8, 4) is 0 Å². The lowest BCUT2D eigenvalue weighted by Gasteiger charge is -2.20. The van der Waals surface area contributed by atoms with Crippen molar-refractivity contribution >= 4 is 17.8 Å². The molecule has 6 nitrogen and oxygen atoms in total. The fourth-order valence-corrected chi connectivity index (χ4v) is 1.93. The third kappa shape index (κ3) is 1.67. The van der Waals surface area contributed by atoms with Crippen LogP contribution in [0, 0.1) is 6.92 Å². The van der Waals surface area contributed by atoms with Crippen LogP contribution >= 0.6 is 0 Å². The summed E-state index contributed by atoms with van der Waals surface area (Å²) in [5.74, 6) is -2.78. The highest BCUT2D eigenvalue weighted by Crippen LogP contribution is 2.25. The van der Waals surface area contributed by atoms with Gasteiger partial charge in [0, 0.05) is 0 Å². The quantitative estimate of drug-likeness (QED) is 0.737. The SMILES string of the molecule is Cc1ccc2c(c1)C(=O)N(C(CO)C(=O)O)C2=O. The summed E-state index contributed by atoms with van der Waals surface area (Å²) in [6, 6.07) is 3.15. The van der Waals surface area contributed by atoms with Crippen LogP contribution in [0.4, 0.5) is 0 Å². The van der Waals surface area contributed by atoms with Crippen LogP contribution in [-0.2, 0) is 4.79 Å². The molecule has 0 saturated carbocycles. The molecular weight excluding hydrogens is 238 g/mol. The zero-order valence-corrected chi connectivity index (χ0v) is 9.58. The van der Waals surface area contributed by atoms with Gasteiger partial charge < -0.3 is 10.2 Å². The van der Waals surface area contributed by atoms with Gasteiger partial charge in [-0.3, -0.25) is 14.5 Å². The third-order valence-electron chi connectivity index (χ3n) is 2.84. The van der Waals surface area contributed by atoms with Crippen molar-refractivity contribution in [3.63, 3.8) is 0 Å². The normalized spacial score (nSPS) is 15.8. The largest absolute Gasteiger partial charge is 0.480 e. The summed E-state index contributed by atoms with van der Waals surface area (Å²) in [5, 5.41) is 17.9. The van der Waals surface area contributed by atoms with Gasteiger partial charge in [0.1, 0.15) is 0 Å². The summed E-state index contributed by atoms with van der Waals surface area (Å²) in [7, 11) is 0. The Morgan fingerprint density at radius 3 is 2.44 bits per heavy atom. The molecule has 6 heteroatoms. The molecule has 1 aliphatic heterocycles. The average molecular weight is 249 g/mol. The molecule has 2 amide bonds. The summed E-state index contributed by atoms with van der Waals surface area (Å²) < 4.78 is 0. The minimum atomic E-state index is -1.54. The Balaban J connectivity index is 2.48. The van der Waals surface area contributed by atoms with Gasteiger partial charge in [-0.2, -0.15) is 0 Å². The van der Waals surface area contributed by atoms with Crippen LogP contribution in [0.1, 0.15) is 26.3 Å². The molecular formula is C12H11NO5. The Hall–Kier alpha value is -2.21. The number of carboxylic acids is 1. The lowest BCUT2D eigenvalue weighted by Crippen LogP contribution is -2.47. The first-order valence-electron chi connectivity index (χ1n) is 5.29. The third-order valence-corrected chi connectivity index (χ3v) is 2.84. The molecule has 2 N–H and O–H groups in total. The number of hydrogen-bond donors (Lipinski definition) is 2. The molecule has 0 saturated heterocycles. The van der Waals surface area contributed by atoms with Gasteiger partial charge in [0.25, 0.3) is 11.8 Å². The van der Waals surface area contributed by atoms with Crippen molar-refractivity contribution in [2.45, 2.75) is 13.0 Å². The summed E-state index contributed by atoms with van der Waals surface area (Å²) in [6.07, 6.45) is 0. The Bertz CT molecular complexity index is 551. The molecule has 0 radical (unpaired) electrons. The van der Waals surface area contributed by atoms with Gasteiger partial charge in [-0.05, 0) is 19.1 Å². The Labute approximate surface area is 102 Å². The van der Waals surface area contributed by atoms with Crippen LogP contribution in [0.25, 0.3) is 0 Å². The molecule has 1 aromatic rings. The number of imide groups is 1. The van der Waals surface area contributed by atoms with Gasteiger partial charge in [-0.15, -0.1) is 0 Å². The molecule has 0 fully saturated rings. The fourth-order valence-electron chi connectivity index (χ4n) is 1.93. The number of amides is 2. The zero-order valence-electron chi connectivity index (χ0n) is 9.58. The summed E-state index contributed by atoms with van der Waals surface area (Å²) in [4.78, 5) is 35.5. The number of benzene rings is 1. The lowest BCUT2D eigenvalue weighted by molar-refractivity contribution is -0.142. The standard InChI is InChI=1S/C12H11NO5/c1-6-2-3-7-8(4-6)11(16)13(10(7)15)9(5-14)12(17)18/h2-4,9,14H,5H2,1H3,(H,17,18). The highest BCUT2D eigenvalue weighted by atomic mass is 16.4. The number of rotatable bonds is 3. The Morgan fingerprint density at radius 2 is 1.89 bits per heavy atom.